The summed E-state index contributed by atoms with van der Waals surface area (Å²) in [6.07, 6.45) is -3.58. The van der Waals surface area contributed by atoms with Crippen LogP contribution in [0, 0.1) is 0 Å². The summed E-state index contributed by atoms with van der Waals surface area (Å²) in [5, 5.41) is 18.2. The number of alkyl halides is 3. The fraction of sp³-hybridized carbons (Fsp3) is 0.0500. The van der Waals surface area contributed by atoms with Crippen LogP contribution in [-0.4, -0.2) is 30.6 Å². The van der Waals surface area contributed by atoms with Crippen molar-refractivity contribution in [2.75, 3.05) is 0 Å². The van der Waals surface area contributed by atoms with Crippen LogP contribution in [0.25, 0.3) is 16.9 Å². The minimum Gasteiger partial charge on any atom is -0.504 e. The molecule has 0 saturated carbocycles. The summed E-state index contributed by atoms with van der Waals surface area (Å²) < 4.78 is 41.5. The number of aromatic nitrogens is 4. The van der Waals surface area contributed by atoms with Crippen LogP contribution in [0.2, 0.25) is 5.02 Å². The number of benzene rings is 2. The molecule has 0 amide bonds. The summed E-state index contributed by atoms with van der Waals surface area (Å²) in [6.45, 7) is 0. The van der Waals surface area contributed by atoms with Gasteiger partial charge in [0.15, 0.2) is 17.1 Å². The largest absolute Gasteiger partial charge is 0.504 e. The topological polar surface area (TPSA) is 72.9 Å². The Morgan fingerprint density at radius 1 is 1.00 bits per heavy atom. The summed E-state index contributed by atoms with van der Waals surface area (Å²) >= 11 is 5.84. The number of nitrogens with zero attached hydrogens (tertiary/aromatic N) is 4. The molecule has 0 spiro atoms. The molecule has 0 aliphatic rings. The second-order valence-corrected chi connectivity index (χ2v) is 6.72. The predicted octanol–water partition coefficient (Wildman–Crippen LogP) is 4.80. The number of carbonyl (C=O) groups is 1. The number of hydrogen-bond acceptors (Lipinski definition) is 4. The maximum Gasteiger partial charge on any atom is 0.435 e. The normalized spacial score (nSPS) is 11.6. The lowest BCUT2D eigenvalue weighted by molar-refractivity contribution is -0.141. The smallest absolute Gasteiger partial charge is 0.435 e. The maximum absolute atomic E-state index is 13.2. The van der Waals surface area contributed by atoms with Crippen LogP contribution in [-0.2, 0) is 6.18 Å². The standard InChI is InChI=1S/C20H12ClF3N4O2/c21-13-6-8-14(9-7-13)27-11-16(29)18(26-27)19(30)28-15(12-4-2-1-3-5-12)10-17(25-28)20(22,23)24/h1-11,29H. The van der Waals surface area contributed by atoms with Gasteiger partial charge in [-0.15, -0.1) is 0 Å². The molecule has 2 aromatic carbocycles. The molecule has 2 heterocycles. The van der Waals surface area contributed by atoms with Crippen molar-refractivity contribution in [3.05, 3.63) is 83.3 Å². The highest BCUT2D eigenvalue weighted by Gasteiger charge is 2.36. The Balaban J connectivity index is 1.80. The second-order valence-electron chi connectivity index (χ2n) is 6.28. The zero-order chi connectivity index (χ0) is 21.5. The van der Waals surface area contributed by atoms with Gasteiger partial charge < -0.3 is 5.11 Å². The van der Waals surface area contributed by atoms with Crippen LogP contribution < -0.4 is 0 Å². The lowest BCUT2D eigenvalue weighted by Crippen LogP contribution is -2.17. The molecule has 0 saturated heterocycles. The minimum atomic E-state index is -4.75. The molecule has 1 N–H and O–H groups in total. The molecule has 4 aromatic rings. The summed E-state index contributed by atoms with van der Waals surface area (Å²) in [4.78, 5) is 13.0. The van der Waals surface area contributed by atoms with Gasteiger partial charge in [0.1, 0.15) is 0 Å². The van der Waals surface area contributed by atoms with Gasteiger partial charge in [-0.2, -0.15) is 28.1 Å². The van der Waals surface area contributed by atoms with Gasteiger partial charge in [-0.25, -0.2) is 4.68 Å². The molecule has 0 fully saturated rings. The van der Waals surface area contributed by atoms with Crippen molar-refractivity contribution >= 4 is 17.5 Å². The van der Waals surface area contributed by atoms with Gasteiger partial charge in [0, 0.05) is 10.6 Å². The van der Waals surface area contributed by atoms with Crippen molar-refractivity contribution in [2.24, 2.45) is 0 Å². The van der Waals surface area contributed by atoms with E-state index >= 15 is 0 Å². The van der Waals surface area contributed by atoms with Crippen molar-refractivity contribution in [1.82, 2.24) is 19.6 Å². The molecule has 2 aromatic heterocycles. The molecule has 4 rings (SSSR count). The third-order valence-corrected chi connectivity index (χ3v) is 4.50. The van der Waals surface area contributed by atoms with Crippen LogP contribution in [0.4, 0.5) is 13.2 Å². The van der Waals surface area contributed by atoms with Gasteiger partial charge in [0.05, 0.1) is 17.6 Å². The van der Waals surface area contributed by atoms with Crippen molar-refractivity contribution in [1.29, 1.82) is 0 Å². The van der Waals surface area contributed by atoms with Crippen molar-refractivity contribution < 1.29 is 23.1 Å². The maximum atomic E-state index is 13.2. The predicted molar refractivity (Wildman–Crippen MR) is 103 cm³/mol. The highest BCUT2D eigenvalue weighted by molar-refractivity contribution is 6.30. The summed E-state index contributed by atoms with van der Waals surface area (Å²) in [5.41, 5.74) is -0.905. The minimum absolute atomic E-state index is 0.0756. The molecule has 0 aliphatic heterocycles. The molecular weight excluding hydrogens is 421 g/mol. The number of rotatable bonds is 3. The molecule has 0 aliphatic carbocycles. The van der Waals surface area contributed by atoms with E-state index in [0.29, 0.717) is 21.0 Å². The Kier molecular flexibility index (Phi) is 4.83. The Morgan fingerprint density at radius 3 is 2.30 bits per heavy atom. The zero-order valence-electron chi connectivity index (χ0n) is 15.0. The van der Waals surface area contributed by atoms with Crippen molar-refractivity contribution in [2.45, 2.75) is 6.18 Å². The lowest BCUT2D eigenvalue weighted by Gasteiger charge is -2.05. The molecule has 0 bridgehead atoms. The third kappa shape index (κ3) is 3.67. The van der Waals surface area contributed by atoms with Crippen LogP contribution in [0.1, 0.15) is 16.2 Å². The van der Waals surface area contributed by atoms with E-state index in [1.807, 2.05) is 0 Å². The quantitative estimate of drug-likeness (QED) is 0.504. The van der Waals surface area contributed by atoms with E-state index in [9.17, 15) is 23.1 Å². The summed E-state index contributed by atoms with van der Waals surface area (Å²) in [5.74, 6) is -1.51. The average Bonchev–Trinajstić information content (AvgIpc) is 3.33. The Hall–Kier alpha value is -3.59. The first-order valence-corrected chi connectivity index (χ1v) is 8.94. The SMILES string of the molecule is O=C(c1nn(-c2ccc(Cl)cc2)cc1O)n1nc(C(F)(F)F)cc1-c1ccccc1. The molecule has 152 valence electrons. The second kappa shape index (κ2) is 7.34. The number of aromatic hydroxyl groups is 1. The van der Waals surface area contributed by atoms with Crippen molar-refractivity contribution in [3.63, 3.8) is 0 Å². The average molecular weight is 433 g/mol. The van der Waals surface area contributed by atoms with Crippen LogP contribution >= 0.6 is 11.6 Å². The third-order valence-electron chi connectivity index (χ3n) is 4.25. The van der Waals surface area contributed by atoms with Crippen LogP contribution in [0.3, 0.4) is 0 Å². The van der Waals surface area contributed by atoms with Crippen LogP contribution in [0.15, 0.2) is 66.9 Å². The molecule has 0 unspecified atom stereocenters. The van der Waals surface area contributed by atoms with E-state index in [-0.39, 0.29) is 5.69 Å². The van der Waals surface area contributed by atoms with E-state index in [2.05, 4.69) is 10.2 Å². The van der Waals surface area contributed by atoms with E-state index in [1.54, 1.807) is 54.6 Å². The monoisotopic (exact) mass is 432 g/mol. The zero-order valence-corrected chi connectivity index (χ0v) is 15.8. The number of hydrogen-bond donors (Lipinski definition) is 1. The van der Waals surface area contributed by atoms with Gasteiger partial charge in [0.25, 0.3) is 0 Å². The Labute approximate surface area is 172 Å². The fourth-order valence-corrected chi connectivity index (χ4v) is 2.96. The summed E-state index contributed by atoms with van der Waals surface area (Å²) in [6, 6.07) is 15.2. The first kappa shape index (κ1) is 19.7. The number of halogens is 4. The molecular formula is C20H12ClF3N4O2. The van der Waals surface area contributed by atoms with Crippen LogP contribution in [0.5, 0.6) is 5.75 Å². The van der Waals surface area contributed by atoms with Gasteiger partial charge in [-0.3, -0.25) is 4.79 Å². The highest BCUT2D eigenvalue weighted by Crippen LogP contribution is 2.32. The molecule has 6 nitrogen and oxygen atoms in total. The Bertz CT molecular complexity index is 1220. The van der Waals surface area contributed by atoms with Gasteiger partial charge in [-0.05, 0) is 30.3 Å². The van der Waals surface area contributed by atoms with E-state index in [0.717, 1.165) is 6.07 Å². The van der Waals surface area contributed by atoms with Gasteiger partial charge in [0.2, 0.25) is 0 Å². The molecule has 0 atom stereocenters. The lowest BCUT2D eigenvalue weighted by atomic mass is 10.1. The Morgan fingerprint density at radius 2 is 1.67 bits per heavy atom. The molecule has 0 radical (unpaired) electrons. The first-order valence-electron chi connectivity index (χ1n) is 8.56. The molecule has 10 heteroatoms. The van der Waals surface area contributed by atoms with E-state index in [4.69, 9.17) is 11.6 Å². The number of carbonyl (C=O) groups excluding carboxylic acids is 1. The summed E-state index contributed by atoms with van der Waals surface area (Å²) in [7, 11) is 0. The molecule has 30 heavy (non-hydrogen) atoms. The highest BCUT2D eigenvalue weighted by atomic mass is 35.5. The fourth-order valence-electron chi connectivity index (χ4n) is 2.83. The van der Waals surface area contributed by atoms with Crippen molar-refractivity contribution in [3.8, 4) is 22.7 Å². The van der Waals surface area contributed by atoms with E-state index in [1.165, 1.54) is 10.9 Å². The van der Waals surface area contributed by atoms with Gasteiger partial charge in [-0.1, -0.05) is 41.9 Å². The van der Waals surface area contributed by atoms with E-state index < -0.39 is 29.2 Å². The first-order chi connectivity index (χ1) is 14.2. The van der Waals surface area contributed by atoms with Gasteiger partial charge >= 0.3 is 12.1 Å².